The minimum Gasteiger partial charge on any atom is -0.493 e. The van der Waals surface area contributed by atoms with Gasteiger partial charge in [-0.15, -0.1) is 0 Å². The average molecular weight is 401 g/mol. The zero-order valence-electron chi connectivity index (χ0n) is 16.1. The second-order valence-corrected chi connectivity index (χ2v) is 7.12. The SMILES string of the molecule is C=Cc1ccc(OCC(=O)N2CCN(Cc3ccc(Cl)cc3)CC2)c(OC)c1. The number of ether oxygens (including phenoxy) is 2. The van der Waals surface area contributed by atoms with Crippen molar-refractivity contribution in [3.63, 3.8) is 0 Å². The Labute approximate surface area is 171 Å². The van der Waals surface area contributed by atoms with Gasteiger partial charge in [-0.2, -0.15) is 0 Å². The van der Waals surface area contributed by atoms with E-state index in [9.17, 15) is 4.79 Å². The molecule has 6 heteroatoms. The number of rotatable bonds is 7. The van der Waals surface area contributed by atoms with Gasteiger partial charge in [0, 0.05) is 37.7 Å². The largest absolute Gasteiger partial charge is 0.493 e. The zero-order chi connectivity index (χ0) is 19.9. The number of amides is 1. The molecular formula is C22H25ClN2O3. The molecule has 2 aromatic carbocycles. The van der Waals surface area contributed by atoms with Crippen LogP contribution in [0, 0.1) is 0 Å². The van der Waals surface area contributed by atoms with Gasteiger partial charge in [0.25, 0.3) is 5.91 Å². The van der Waals surface area contributed by atoms with E-state index in [1.807, 2.05) is 41.3 Å². The first-order valence-electron chi connectivity index (χ1n) is 9.27. The summed E-state index contributed by atoms with van der Waals surface area (Å²) in [6, 6.07) is 13.4. The fourth-order valence-corrected chi connectivity index (χ4v) is 3.29. The molecule has 3 rings (SSSR count). The standard InChI is InChI=1S/C22H25ClN2O3/c1-3-17-6-9-20(21(14-17)27-2)28-16-22(26)25-12-10-24(11-13-25)15-18-4-7-19(23)8-5-18/h3-9,14H,1,10-13,15-16H2,2H3. The molecule has 1 aliphatic heterocycles. The summed E-state index contributed by atoms with van der Waals surface area (Å²) in [6.07, 6.45) is 1.74. The number of carbonyl (C=O) groups is 1. The lowest BCUT2D eigenvalue weighted by Gasteiger charge is -2.34. The number of carbonyl (C=O) groups excluding carboxylic acids is 1. The van der Waals surface area contributed by atoms with Crippen LogP contribution < -0.4 is 9.47 Å². The van der Waals surface area contributed by atoms with Crippen LogP contribution in [0.15, 0.2) is 49.0 Å². The van der Waals surface area contributed by atoms with Gasteiger partial charge in [0.05, 0.1) is 7.11 Å². The molecule has 0 atom stereocenters. The quantitative estimate of drug-likeness (QED) is 0.710. The second kappa shape index (κ2) is 9.62. The molecule has 1 heterocycles. The summed E-state index contributed by atoms with van der Waals surface area (Å²) < 4.78 is 11.0. The number of halogens is 1. The van der Waals surface area contributed by atoms with E-state index in [1.165, 1.54) is 5.56 Å². The minimum atomic E-state index is -0.0130. The maximum Gasteiger partial charge on any atom is 0.260 e. The predicted molar refractivity (Wildman–Crippen MR) is 112 cm³/mol. The van der Waals surface area contributed by atoms with Crippen LogP contribution in [0.2, 0.25) is 5.02 Å². The molecule has 0 radical (unpaired) electrons. The number of hydrogen-bond donors (Lipinski definition) is 0. The summed E-state index contributed by atoms with van der Waals surface area (Å²) in [6.45, 7) is 7.68. The maximum absolute atomic E-state index is 12.5. The molecule has 1 fully saturated rings. The highest BCUT2D eigenvalue weighted by molar-refractivity contribution is 6.30. The summed E-state index contributed by atoms with van der Waals surface area (Å²) in [7, 11) is 1.58. The monoisotopic (exact) mass is 400 g/mol. The first kappa shape index (κ1) is 20.2. The lowest BCUT2D eigenvalue weighted by atomic mass is 10.2. The zero-order valence-corrected chi connectivity index (χ0v) is 16.8. The van der Waals surface area contributed by atoms with Gasteiger partial charge < -0.3 is 14.4 Å². The van der Waals surface area contributed by atoms with Crippen molar-refractivity contribution in [3.05, 3.63) is 65.2 Å². The minimum absolute atomic E-state index is 0.000973. The highest BCUT2D eigenvalue weighted by atomic mass is 35.5. The van der Waals surface area contributed by atoms with E-state index < -0.39 is 0 Å². The Kier molecular flexibility index (Phi) is 6.95. The van der Waals surface area contributed by atoms with Crippen LogP contribution in [0.5, 0.6) is 11.5 Å². The first-order chi connectivity index (χ1) is 13.6. The molecule has 5 nitrogen and oxygen atoms in total. The average Bonchev–Trinajstić information content (AvgIpc) is 2.74. The van der Waals surface area contributed by atoms with Gasteiger partial charge in [-0.3, -0.25) is 9.69 Å². The second-order valence-electron chi connectivity index (χ2n) is 6.69. The summed E-state index contributed by atoms with van der Waals surface area (Å²) in [5.74, 6) is 1.14. The Bertz CT molecular complexity index is 815. The van der Waals surface area contributed by atoms with Crippen molar-refractivity contribution in [2.24, 2.45) is 0 Å². The molecule has 0 aliphatic carbocycles. The topological polar surface area (TPSA) is 42.0 Å². The Morgan fingerprint density at radius 1 is 1.11 bits per heavy atom. The summed E-state index contributed by atoms with van der Waals surface area (Å²) in [5.41, 5.74) is 2.16. The Balaban J connectivity index is 1.47. The molecule has 0 bridgehead atoms. The third kappa shape index (κ3) is 5.27. The molecule has 0 spiro atoms. The van der Waals surface area contributed by atoms with Crippen LogP contribution in [-0.4, -0.2) is 55.6 Å². The van der Waals surface area contributed by atoms with Gasteiger partial charge in [-0.1, -0.05) is 42.5 Å². The van der Waals surface area contributed by atoms with Crippen LogP contribution in [0.25, 0.3) is 6.08 Å². The van der Waals surface area contributed by atoms with Crippen molar-refractivity contribution in [1.29, 1.82) is 0 Å². The molecule has 148 valence electrons. The van der Waals surface area contributed by atoms with E-state index in [0.717, 1.165) is 30.2 Å². The van der Waals surface area contributed by atoms with Crippen molar-refractivity contribution < 1.29 is 14.3 Å². The van der Waals surface area contributed by atoms with Crippen LogP contribution in [0.1, 0.15) is 11.1 Å². The predicted octanol–water partition coefficient (Wildman–Crippen LogP) is 3.71. The Hall–Kier alpha value is -2.50. The lowest BCUT2D eigenvalue weighted by Crippen LogP contribution is -2.49. The van der Waals surface area contributed by atoms with E-state index in [0.29, 0.717) is 24.6 Å². The van der Waals surface area contributed by atoms with Crippen LogP contribution in [0.3, 0.4) is 0 Å². The molecular weight excluding hydrogens is 376 g/mol. The van der Waals surface area contributed by atoms with Crippen LogP contribution in [0.4, 0.5) is 0 Å². The molecule has 28 heavy (non-hydrogen) atoms. The van der Waals surface area contributed by atoms with Crippen molar-refractivity contribution in [1.82, 2.24) is 9.80 Å². The van der Waals surface area contributed by atoms with E-state index in [1.54, 1.807) is 19.3 Å². The molecule has 1 amide bonds. The molecule has 0 N–H and O–H groups in total. The molecule has 2 aromatic rings. The molecule has 0 unspecified atom stereocenters. The molecule has 0 aromatic heterocycles. The Morgan fingerprint density at radius 3 is 2.46 bits per heavy atom. The molecule has 0 saturated carbocycles. The van der Waals surface area contributed by atoms with Crippen molar-refractivity contribution in [3.8, 4) is 11.5 Å². The number of methoxy groups -OCH3 is 1. The van der Waals surface area contributed by atoms with Crippen molar-refractivity contribution in [2.45, 2.75) is 6.54 Å². The first-order valence-corrected chi connectivity index (χ1v) is 9.64. The van der Waals surface area contributed by atoms with Crippen molar-refractivity contribution >= 4 is 23.6 Å². The smallest absolute Gasteiger partial charge is 0.260 e. The van der Waals surface area contributed by atoms with E-state index in [2.05, 4.69) is 11.5 Å². The number of piperazine rings is 1. The van der Waals surface area contributed by atoms with Gasteiger partial charge in [0.15, 0.2) is 18.1 Å². The highest BCUT2D eigenvalue weighted by Crippen LogP contribution is 2.28. The Morgan fingerprint density at radius 2 is 1.82 bits per heavy atom. The fraction of sp³-hybridized carbons (Fsp3) is 0.318. The van der Waals surface area contributed by atoms with Crippen LogP contribution >= 0.6 is 11.6 Å². The summed E-state index contributed by atoms with van der Waals surface area (Å²) >= 11 is 5.93. The number of hydrogen-bond acceptors (Lipinski definition) is 4. The fourth-order valence-electron chi connectivity index (χ4n) is 3.16. The maximum atomic E-state index is 12.5. The normalized spacial score (nSPS) is 14.6. The summed E-state index contributed by atoms with van der Waals surface area (Å²) in [4.78, 5) is 16.7. The van der Waals surface area contributed by atoms with Gasteiger partial charge in [0.2, 0.25) is 0 Å². The molecule has 1 saturated heterocycles. The lowest BCUT2D eigenvalue weighted by molar-refractivity contribution is -0.135. The third-order valence-electron chi connectivity index (χ3n) is 4.82. The number of nitrogens with zero attached hydrogens (tertiary/aromatic N) is 2. The van der Waals surface area contributed by atoms with E-state index in [-0.39, 0.29) is 12.5 Å². The van der Waals surface area contributed by atoms with E-state index in [4.69, 9.17) is 21.1 Å². The van der Waals surface area contributed by atoms with Gasteiger partial charge in [-0.05, 0) is 35.4 Å². The van der Waals surface area contributed by atoms with Crippen LogP contribution in [-0.2, 0) is 11.3 Å². The summed E-state index contributed by atoms with van der Waals surface area (Å²) in [5, 5.41) is 0.745. The van der Waals surface area contributed by atoms with Gasteiger partial charge in [0.1, 0.15) is 0 Å². The highest BCUT2D eigenvalue weighted by Gasteiger charge is 2.21. The molecule has 1 aliphatic rings. The third-order valence-corrected chi connectivity index (χ3v) is 5.07. The van der Waals surface area contributed by atoms with Gasteiger partial charge >= 0.3 is 0 Å². The number of benzene rings is 2. The van der Waals surface area contributed by atoms with E-state index >= 15 is 0 Å². The van der Waals surface area contributed by atoms with Crippen molar-refractivity contribution in [2.75, 3.05) is 39.9 Å². The van der Waals surface area contributed by atoms with Gasteiger partial charge in [-0.25, -0.2) is 0 Å².